The number of hydrogen-bond acceptors (Lipinski definition) is 1. The molecule has 0 radical (unpaired) electrons. The zero-order valence-corrected chi connectivity index (χ0v) is 13.1. The van der Waals surface area contributed by atoms with Gasteiger partial charge in [0.05, 0.1) is 0 Å². The molecule has 0 saturated carbocycles. The second kappa shape index (κ2) is 7.38. The van der Waals surface area contributed by atoms with Crippen LogP contribution in [0.15, 0.2) is 48.5 Å². The Hall–Kier alpha value is -1.43. The summed E-state index contributed by atoms with van der Waals surface area (Å²) in [6.45, 7) is 0.613. The molecule has 0 saturated heterocycles. The maximum absolute atomic E-state index is 12.7. The first-order chi connectivity index (χ1) is 9.65. The second-order valence-corrected chi connectivity index (χ2v) is 5.74. The van der Waals surface area contributed by atoms with Crippen molar-refractivity contribution in [3.05, 3.63) is 69.0 Å². The summed E-state index contributed by atoms with van der Waals surface area (Å²) in [5.41, 5.74) is 1.76. The molecule has 2 nitrogen and oxygen atoms in total. The van der Waals surface area contributed by atoms with E-state index >= 15 is 0 Å². The molecule has 104 valence electrons. The van der Waals surface area contributed by atoms with Crippen molar-refractivity contribution >= 4 is 28.5 Å². The van der Waals surface area contributed by atoms with E-state index < -0.39 is 0 Å². The minimum Gasteiger partial charge on any atom is -0.352 e. The van der Waals surface area contributed by atoms with Crippen LogP contribution in [0.4, 0.5) is 4.39 Å². The summed E-state index contributed by atoms with van der Waals surface area (Å²) in [5.74, 6) is -0.275. The van der Waals surface area contributed by atoms with Gasteiger partial charge in [-0.2, -0.15) is 0 Å². The van der Waals surface area contributed by atoms with E-state index in [0.717, 1.165) is 22.0 Å². The molecular formula is C16H15FINO. The quantitative estimate of drug-likeness (QED) is 0.618. The van der Waals surface area contributed by atoms with Crippen molar-refractivity contribution in [3.8, 4) is 0 Å². The van der Waals surface area contributed by atoms with E-state index in [2.05, 4.69) is 27.9 Å². The number of rotatable bonds is 5. The number of halogens is 2. The van der Waals surface area contributed by atoms with Crippen molar-refractivity contribution in [2.45, 2.75) is 12.8 Å². The summed E-state index contributed by atoms with van der Waals surface area (Å²) in [7, 11) is 0. The molecule has 1 N–H and O–H groups in total. The Balaban J connectivity index is 1.76. The molecule has 0 atom stereocenters. The SMILES string of the molecule is O=C(NCCCc1ccc(F)cc1)c1cccc(I)c1. The van der Waals surface area contributed by atoms with Gasteiger partial charge in [0.25, 0.3) is 5.91 Å². The van der Waals surface area contributed by atoms with Crippen molar-refractivity contribution in [2.24, 2.45) is 0 Å². The maximum Gasteiger partial charge on any atom is 0.251 e. The molecule has 0 aliphatic rings. The van der Waals surface area contributed by atoms with Crippen molar-refractivity contribution in [1.29, 1.82) is 0 Å². The Kier molecular flexibility index (Phi) is 5.52. The molecule has 0 bridgehead atoms. The smallest absolute Gasteiger partial charge is 0.251 e. The fourth-order valence-corrected chi connectivity index (χ4v) is 2.42. The molecule has 0 aliphatic heterocycles. The van der Waals surface area contributed by atoms with Gasteiger partial charge in [0.2, 0.25) is 0 Å². The Labute approximate surface area is 131 Å². The van der Waals surface area contributed by atoms with Gasteiger partial charge in [-0.05, 0) is 71.3 Å². The van der Waals surface area contributed by atoms with E-state index in [4.69, 9.17) is 0 Å². The monoisotopic (exact) mass is 383 g/mol. The van der Waals surface area contributed by atoms with Crippen LogP contribution in [-0.4, -0.2) is 12.5 Å². The predicted molar refractivity (Wildman–Crippen MR) is 86.2 cm³/mol. The third kappa shape index (κ3) is 4.59. The van der Waals surface area contributed by atoms with E-state index in [0.29, 0.717) is 12.1 Å². The number of carbonyl (C=O) groups excluding carboxylic acids is 1. The van der Waals surface area contributed by atoms with Crippen molar-refractivity contribution in [2.75, 3.05) is 6.54 Å². The molecular weight excluding hydrogens is 368 g/mol. The van der Waals surface area contributed by atoms with Gasteiger partial charge in [0.15, 0.2) is 0 Å². The van der Waals surface area contributed by atoms with Gasteiger partial charge in [-0.15, -0.1) is 0 Å². The first-order valence-corrected chi connectivity index (χ1v) is 7.51. The molecule has 0 spiro atoms. The summed E-state index contributed by atoms with van der Waals surface area (Å²) in [4.78, 5) is 11.9. The fraction of sp³-hybridized carbons (Fsp3) is 0.188. The number of carbonyl (C=O) groups is 1. The second-order valence-electron chi connectivity index (χ2n) is 4.50. The van der Waals surface area contributed by atoms with Crippen molar-refractivity contribution < 1.29 is 9.18 Å². The van der Waals surface area contributed by atoms with Gasteiger partial charge in [0, 0.05) is 15.7 Å². The highest BCUT2D eigenvalue weighted by molar-refractivity contribution is 14.1. The summed E-state index contributed by atoms with van der Waals surface area (Å²) in [6.07, 6.45) is 1.66. The number of benzene rings is 2. The van der Waals surface area contributed by atoms with Crippen LogP contribution in [0, 0.1) is 9.39 Å². The predicted octanol–water partition coefficient (Wildman–Crippen LogP) is 3.79. The molecule has 2 aromatic rings. The van der Waals surface area contributed by atoms with Gasteiger partial charge in [0.1, 0.15) is 5.82 Å². The van der Waals surface area contributed by atoms with E-state index in [-0.39, 0.29) is 11.7 Å². The van der Waals surface area contributed by atoms with Gasteiger partial charge >= 0.3 is 0 Å². The maximum atomic E-state index is 12.7. The van der Waals surface area contributed by atoms with Crippen LogP contribution in [0.2, 0.25) is 0 Å². The lowest BCUT2D eigenvalue weighted by atomic mass is 10.1. The average Bonchev–Trinajstić information content (AvgIpc) is 2.45. The van der Waals surface area contributed by atoms with Crippen LogP contribution in [0.1, 0.15) is 22.3 Å². The van der Waals surface area contributed by atoms with Crippen LogP contribution in [-0.2, 0) is 6.42 Å². The normalized spacial score (nSPS) is 10.3. The van der Waals surface area contributed by atoms with Crippen LogP contribution in [0.25, 0.3) is 0 Å². The third-order valence-corrected chi connectivity index (χ3v) is 3.60. The molecule has 2 rings (SSSR count). The largest absolute Gasteiger partial charge is 0.352 e. The lowest BCUT2D eigenvalue weighted by Crippen LogP contribution is -2.24. The van der Waals surface area contributed by atoms with Crippen LogP contribution in [0.3, 0.4) is 0 Å². The van der Waals surface area contributed by atoms with E-state index in [9.17, 15) is 9.18 Å². The molecule has 20 heavy (non-hydrogen) atoms. The Morgan fingerprint density at radius 2 is 1.90 bits per heavy atom. The summed E-state index contributed by atoms with van der Waals surface area (Å²) in [6, 6.07) is 13.9. The Morgan fingerprint density at radius 3 is 2.60 bits per heavy atom. The van der Waals surface area contributed by atoms with Gasteiger partial charge < -0.3 is 5.32 Å². The van der Waals surface area contributed by atoms with E-state index in [1.807, 2.05) is 18.2 Å². The summed E-state index contributed by atoms with van der Waals surface area (Å²) < 4.78 is 13.8. The first kappa shape index (κ1) is 15.0. The zero-order chi connectivity index (χ0) is 14.4. The highest BCUT2D eigenvalue weighted by atomic mass is 127. The van der Waals surface area contributed by atoms with Gasteiger partial charge in [-0.3, -0.25) is 4.79 Å². The Bertz CT molecular complexity index is 583. The molecule has 0 aliphatic carbocycles. The number of amides is 1. The number of aryl methyl sites for hydroxylation is 1. The molecule has 0 aromatic heterocycles. The number of hydrogen-bond donors (Lipinski definition) is 1. The Morgan fingerprint density at radius 1 is 1.15 bits per heavy atom. The molecule has 2 aromatic carbocycles. The molecule has 4 heteroatoms. The highest BCUT2D eigenvalue weighted by Gasteiger charge is 2.04. The third-order valence-electron chi connectivity index (χ3n) is 2.93. The van der Waals surface area contributed by atoms with Gasteiger partial charge in [-0.25, -0.2) is 4.39 Å². The van der Waals surface area contributed by atoms with Crippen molar-refractivity contribution in [3.63, 3.8) is 0 Å². The highest BCUT2D eigenvalue weighted by Crippen LogP contribution is 2.08. The van der Waals surface area contributed by atoms with Gasteiger partial charge in [-0.1, -0.05) is 18.2 Å². The van der Waals surface area contributed by atoms with Crippen molar-refractivity contribution in [1.82, 2.24) is 5.32 Å². The zero-order valence-electron chi connectivity index (χ0n) is 10.9. The minimum absolute atomic E-state index is 0.0531. The lowest BCUT2D eigenvalue weighted by Gasteiger charge is -2.06. The van der Waals surface area contributed by atoms with E-state index in [1.165, 1.54) is 12.1 Å². The minimum atomic E-state index is -0.222. The van der Waals surface area contributed by atoms with Crippen LogP contribution < -0.4 is 5.32 Å². The first-order valence-electron chi connectivity index (χ1n) is 6.43. The fourth-order valence-electron chi connectivity index (χ4n) is 1.88. The molecule has 1 amide bonds. The topological polar surface area (TPSA) is 29.1 Å². The molecule has 0 fully saturated rings. The number of nitrogens with one attached hydrogen (secondary N) is 1. The van der Waals surface area contributed by atoms with E-state index in [1.54, 1.807) is 18.2 Å². The molecule has 0 heterocycles. The average molecular weight is 383 g/mol. The summed E-state index contributed by atoms with van der Waals surface area (Å²) in [5, 5.41) is 2.89. The lowest BCUT2D eigenvalue weighted by molar-refractivity contribution is 0.0953. The molecule has 0 unspecified atom stereocenters. The van der Waals surface area contributed by atoms with Crippen LogP contribution in [0.5, 0.6) is 0 Å². The standard InChI is InChI=1S/C16H15FINO/c17-14-8-6-12(7-9-14)3-2-10-19-16(20)13-4-1-5-15(18)11-13/h1,4-9,11H,2-3,10H2,(H,19,20). The summed E-state index contributed by atoms with van der Waals surface area (Å²) >= 11 is 2.18. The van der Waals surface area contributed by atoms with Crippen LogP contribution >= 0.6 is 22.6 Å².